The SMILES string of the molecule is Cc1ncsc1CCOC(=O)CCN1C(=O)C2CCCCC2C1=O. The van der Waals surface area contributed by atoms with Crippen LogP contribution in [0.15, 0.2) is 5.51 Å². The molecule has 6 nitrogen and oxygen atoms in total. The van der Waals surface area contributed by atoms with Crippen molar-refractivity contribution < 1.29 is 19.1 Å². The number of hydrogen-bond donors (Lipinski definition) is 0. The van der Waals surface area contributed by atoms with E-state index in [9.17, 15) is 14.4 Å². The molecule has 2 fully saturated rings. The van der Waals surface area contributed by atoms with Crippen molar-refractivity contribution in [3.05, 3.63) is 16.1 Å². The van der Waals surface area contributed by atoms with Crippen molar-refractivity contribution in [1.82, 2.24) is 9.88 Å². The number of aryl methyl sites for hydroxylation is 1. The van der Waals surface area contributed by atoms with Gasteiger partial charge in [0.25, 0.3) is 0 Å². The number of nitrogens with zero attached hydrogens (tertiary/aromatic N) is 2. The van der Waals surface area contributed by atoms with Gasteiger partial charge in [-0.3, -0.25) is 19.3 Å². The summed E-state index contributed by atoms with van der Waals surface area (Å²) in [5.41, 5.74) is 2.74. The number of aromatic nitrogens is 1. The van der Waals surface area contributed by atoms with Gasteiger partial charge in [-0.1, -0.05) is 12.8 Å². The van der Waals surface area contributed by atoms with Crippen LogP contribution < -0.4 is 0 Å². The van der Waals surface area contributed by atoms with E-state index in [1.807, 2.05) is 6.92 Å². The number of thiazole rings is 1. The molecule has 0 bridgehead atoms. The highest BCUT2D eigenvalue weighted by Crippen LogP contribution is 2.37. The molecule has 1 aromatic rings. The summed E-state index contributed by atoms with van der Waals surface area (Å²) in [6.07, 6.45) is 4.32. The summed E-state index contributed by atoms with van der Waals surface area (Å²) < 4.78 is 5.21. The number of carbonyl (C=O) groups excluding carboxylic acids is 3. The Kier molecular flexibility index (Phi) is 5.28. The van der Waals surface area contributed by atoms with Crippen molar-refractivity contribution in [2.45, 2.75) is 45.4 Å². The third-order valence-corrected chi connectivity index (χ3v) is 5.90. The first-order valence-electron chi connectivity index (χ1n) is 8.47. The average Bonchev–Trinajstić information content (AvgIpc) is 3.09. The van der Waals surface area contributed by atoms with E-state index in [4.69, 9.17) is 4.74 Å². The zero-order valence-corrected chi connectivity index (χ0v) is 14.6. The minimum absolute atomic E-state index is 0.0680. The van der Waals surface area contributed by atoms with Gasteiger partial charge in [-0.15, -0.1) is 11.3 Å². The van der Waals surface area contributed by atoms with Crippen molar-refractivity contribution in [2.24, 2.45) is 11.8 Å². The number of fused-ring (bicyclic) bond motifs is 1. The van der Waals surface area contributed by atoms with E-state index in [2.05, 4.69) is 4.98 Å². The lowest BCUT2D eigenvalue weighted by atomic mass is 9.81. The largest absolute Gasteiger partial charge is 0.465 e. The van der Waals surface area contributed by atoms with E-state index in [0.29, 0.717) is 13.0 Å². The Morgan fingerprint density at radius 3 is 2.54 bits per heavy atom. The maximum absolute atomic E-state index is 12.3. The van der Waals surface area contributed by atoms with Crippen molar-refractivity contribution in [1.29, 1.82) is 0 Å². The Morgan fingerprint density at radius 1 is 1.29 bits per heavy atom. The predicted octanol–water partition coefficient (Wildman–Crippen LogP) is 2.10. The molecule has 1 saturated heterocycles. The van der Waals surface area contributed by atoms with Gasteiger partial charge >= 0.3 is 5.97 Å². The lowest BCUT2D eigenvalue weighted by Gasteiger charge is -2.19. The normalized spacial score (nSPS) is 23.5. The molecule has 2 amide bonds. The molecule has 1 aliphatic heterocycles. The van der Waals surface area contributed by atoms with Crippen molar-refractivity contribution in [3.63, 3.8) is 0 Å². The Bertz CT molecular complexity index is 618. The number of likely N-dealkylation sites (tertiary alicyclic amines) is 1. The molecule has 130 valence electrons. The second kappa shape index (κ2) is 7.42. The van der Waals surface area contributed by atoms with Gasteiger partial charge in [0, 0.05) is 17.8 Å². The lowest BCUT2D eigenvalue weighted by molar-refractivity contribution is -0.145. The fourth-order valence-corrected chi connectivity index (χ4v) is 4.31. The summed E-state index contributed by atoms with van der Waals surface area (Å²) in [6.45, 7) is 2.37. The molecule has 1 aromatic heterocycles. The zero-order chi connectivity index (χ0) is 17.1. The molecule has 3 rings (SSSR count). The van der Waals surface area contributed by atoms with Crippen molar-refractivity contribution >= 4 is 29.1 Å². The fourth-order valence-electron chi connectivity index (χ4n) is 3.55. The van der Waals surface area contributed by atoms with Crippen LogP contribution in [-0.4, -0.2) is 40.8 Å². The topological polar surface area (TPSA) is 76.6 Å². The summed E-state index contributed by atoms with van der Waals surface area (Å²) in [5, 5.41) is 0. The Balaban J connectivity index is 1.43. The number of amides is 2. The van der Waals surface area contributed by atoms with E-state index >= 15 is 0 Å². The van der Waals surface area contributed by atoms with Crippen LogP contribution in [0.2, 0.25) is 0 Å². The monoisotopic (exact) mass is 350 g/mol. The number of esters is 1. The van der Waals surface area contributed by atoms with Crippen LogP contribution in [0.25, 0.3) is 0 Å². The van der Waals surface area contributed by atoms with Crippen LogP contribution in [0, 0.1) is 18.8 Å². The second-order valence-corrected chi connectivity index (χ2v) is 7.35. The lowest BCUT2D eigenvalue weighted by Crippen LogP contribution is -2.33. The minimum atomic E-state index is -0.368. The van der Waals surface area contributed by atoms with Crippen LogP contribution >= 0.6 is 11.3 Å². The molecular formula is C17H22N2O4S. The maximum atomic E-state index is 12.3. The van der Waals surface area contributed by atoms with E-state index in [1.165, 1.54) is 4.90 Å². The number of imide groups is 1. The number of rotatable bonds is 6. The predicted molar refractivity (Wildman–Crippen MR) is 88.3 cm³/mol. The summed E-state index contributed by atoms with van der Waals surface area (Å²) in [4.78, 5) is 43.0. The summed E-state index contributed by atoms with van der Waals surface area (Å²) in [5.74, 6) is -0.878. The highest BCUT2D eigenvalue weighted by atomic mass is 32.1. The highest BCUT2D eigenvalue weighted by Gasteiger charge is 2.47. The number of ether oxygens (including phenoxy) is 1. The van der Waals surface area contributed by atoms with Gasteiger partial charge in [-0.2, -0.15) is 0 Å². The van der Waals surface area contributed by atoms with Crippen molar-refractivity contribution in [3.8, 4) is 0 Å². The Labute approximate surface area is 145 Å². The molecule has 24 heavy (non-hydrogen) atoms. The molecular weight excluding hydrogens is 328 g/mol. The van der Waals surface area contributed by atoms with Gasteiger partial charge < -0.3 is 4.74 Å². The van der Waals surface area contributed by atoms with Gasteiger partial charge in [0.1, 0.15) is 0 Å². The van der Waals surface area contributed by atoms with Crippen LogP contribution in [0.4, 0.5) is 0 Å². The fraction of sp³-hybridized carbons (Fsp3) is 0.647. The van der Waals surface area contributed by atoms with Crippen LogP contribution in [0.1, 0.15) is 42.7 Å². The van der Waals surface area contributed by atoms with Crippen LogP contribution in [-0.2, 0) is 25.5 Å². The molecule has 2 aliphatic rings. The second-order valence-electron chi connectivity index (χ2n) is 6.41. The van der Waals surface area contributed by atoms with Gasteiger partial charge in [-0.25, -0.2) is 4.98 Å². The smallest absolute Gasteiger partial charge is 0.307 e. The maximum Gasteiger partial charge on any atom is 0.307 e. The molecule has 2 atom stereocenters. The standard InChI is InChI=1S/C17H22N2O4S/c1-11-14(24-10-18-11)7-9-23-15(20)6-8-19-16(21)12-4-2-3-5-13(12)17(19)22/h10,12-13H,2-9H2,1H3. The molecule has 0 N–H and O–H groups in total. The van der Waals surface area contributed by atoms with Gasteiger partial charge in [0.05, 0.1) is 36.1 Å². The molecule has 2 unspecified atom stereocenters. The zero-order valence-electron chi connectivity index (χ0n) is 13.8. The Morgan fingerprint density at radius 2 is 1.96 bits per heavy atom. The van der Waals surface area contributed by atoms with Gasteiger partial charge in [0.2, 0.25) is 11.8 Å². The number of hydrogen-bond acceptors (Lipinski definition) is 6. The third-order valence-electron chi connectivity index (χ3n) is 4.91. The number of carbonyl (C=O) groups is 3. The quantitative estimate of drug-likeness (QED) is 0.580. The highest BCUT2D eigenvalue weighted by molar-refractivity contribution is 7.09. The molecule has 2 heterocycles. The van der Waals surface area contributed by atoms with E-state index in [-0.39, 0.29) is 42.6 Å². The average molecular weight is 350 g/mol. The molecule has 0 spiro atoms. The summed E-state index contributed by atoms with van der Waals surface area (Å²) in [7, 11) is 0. The van der Waals surface area contributed by atoms with Gasteiger partial charge in [-0.05, 0) is 19.8 Å². The molecule has 0 radical (unpaired) electrons. The third kappa shape index (κ3) is 3.50. The minimum Gasteiger partial charge on any atom is -0.465 e. The van der Waals surface area contributed by atoms with E-state index < -0.39 is 0 Å². The first-order chi connectivity index (χ1) is 11.6. The Hall–Kier alpha value is -1.76. The summed E-state index contributed by atoms with van der Waals surface area (Å²) in [6, 6.07) is 0. The first-order valence-corrected chi connectivity index (χ1v) is 9.35. The molecule has 7 heteroatoms. The molecule has 1 saturated carbocycles. The first kappa shape index (κ1) is 17.1. The van der Waals surface area contributed by atoms with Crippen molar-refractivity contribution in [2.75, 3.05) is 13.2 Å². The molecule has 0 aromatic carbocycles. The summed E-state index contributed by atoms with van der Waals surface area (Å²) >= 11 is 1.55. The van der Waals surface area contributed by atoms with Crippen LogP contribution in [0.3, 0.4) is 0 Å². The molecule has 1 aliphatic carbocycles. The van der Waals surface area contributed by atoms with E-state index in [1.54, 1.807) is 16.8 Å². The van der Waals surface area contributed by atoms with E-state index in [0.717, 1.165) is 36.3 Å². The van der Waals surface area contributed by atoms with Crippen LogP contribution in [0.5, 0.6) is 0 Å². The van der Waals surface area contributed by atoms with Gasteiger partial charge in [0.15, 0.2) is 0 Å².